The molecule has 0 saturated heterocycles. The zero-order chi connectivity index (χ0) is 11.4. The van der Waals surface area contributed by atoms with Crippen LogP contribution in [-0.4, -0.2) is 0 Å². The molecule has 0 amide bonds. The van der Waals surface area contributed by atoms with E-state index >= 15 is 0 Å². The van der Waals surface area contributed by atoms with Gasteiger partial charge in [-0.25, -0.2) is 0 Å². The molecule has 0 radical (unpaired) electrons. The lowest BCUT2D eigenvalue weighted by atomic mass is 9.88. The highest BCUT2D eigenvalue weighted by atomic mass is 14.2. The molecule has 1 aliphatic rings. The molecule has 0 unspecified atom stereocenters. The van der Waals surface area contributed by atoms with Crippen LogP contribution in [0.4, 0.5) is 0 Å². The Balaban J connectivity index is 2.45. The minimum atomic E-state index is 1.18. The molecule has 0 aromatic heterocycles. The molecule has 0 bridgehead atoms. The highest BCUT2D eigenvalue weighted by Crippen LogP contribution is 2.30. The summed E-state index contributed by atoms with van der Waals surface area (Å²) in [6.07, 6.45) is 4.78. The van der Waals surface area contributed by atoms with E-state index < -0.39 is 0 Å². The summed E-state index contributed by atoms with van der Waals surface area (Å²) in [5.41, 5.74) is 2.94. The normalized spacial score (nSPS) is 14.2. The molecule has 4 rings (SSSR count). The molecule has 0 nitrogen and oxygen atoms in total. The summed E-state index contributed by atoms with van der Waals surface area (Å²) >= 11 is 0. The number of benzene rings is 3. The van der Waals surface area contributed by atoms with Crippen LogP contribution in [0.1, 0.15) is 17.5 Å². The van der Waals surface area contributed by atoms with Crippen LogP contribution in [0.2, 0.25) is 0 Å². The van der Waals surface area contributed by atoms with Crippen LogP contribution >= 0.6 is 0 Å². The lowest BCUT2D eigenvalue weighted by Gasteiger charge is -2.16. The first-order valence-corrected chi connectivity index (χ1v) is 6.28. The molecule has 0 heterocycles. The molecule has 0 heteroatoms. The average molecular weight is 218 g/mol. The molecular formula is C17H14. The van der Waals surface area contributed by atoms with Gasteiger partial charge in [0.25, 0.3) is 0 Å². The Labute approximate surface area is 101 Å². The topological polar surface area (TPSA) is 0 Å². The zero-order valence-corrected chi connectivity index (χ0v) is 9.96. The third-order valence-corrected chi connectivity index (χ3v) is 3.99. The van der Waals surface area contributed by atoms with Gasteiger partial charge in [-0.05, 0) is 57.7 Å². The summed E-state index contributed by atoms with van der Waals surface area (Å²) in [5, 5.41) is 7.19. The maximum absolute atomic E-state index is 2.41. The van der Waals surface area contributed by atoms with Crippen LogP contribution in [0.5, 0.6) is 0 Å². The van der Waals surface area contributed by atoms with Crippen molar-refractivity contribution in [1.29, 1.82) is 0 Å². The summed E-state index contributed by atoms with van der Waals surface area (Å²) in [4.78, 5) is 0. The Morgan fingerprint density at radius 2 is 1.82 bits per heavy atom. The first kappa shape index (κ1) is 9.23. The summed E-state index contributed by atoms with van der Waals surface area (Å²) in [6.45, 7) is 2.23. The first-order chi connectivity index (χ1) is 8.34. The molecule has 82 valence electrons. The second kappa shape index (κ2) is 3.10. The van der Waals surface area contributed by atoms with E-state index in [9.17, 15) is 0 Å². The Bertz CT molecular complexity index is 794. The lowest BCUT2D eigenvalue weighted by Crippen LogP contribution is -2.13. The molecule has 0 aliphatic heterocycles. The van der Waals surface area contributed by atoms with Gasteiger partial charge in [-0.15, -0.1) is 0 Å². The smallest absolute Gasteiger partial charge is 0.00300 e. The van der Waals surface area contributed by atoms with Crippen LogP contribution in [0, 0.1) is 6.92 Å². The predicted octanol–water partition coefficient (Wildman–Crippen LogP) is 3.75. The molecule has 0 saturated carbocycles. The van der Waals surface area contributed by atoms with Crippen LogP contribution in [-0.2, 0) is 6.42 Å². The summed E-state index contributed by atoms with van der Waals surface area (Å²) in [5.74, 6) is 0. The van der Waals surface area contributed by atoms with Gasteiger partial charge in [-0.1, -0.05) is 42.5 Å². The van der Waals surface area contributed by atoms with Crippen molar-refractivity contribution in [3.05, 3.63) is 52.7 Å². The SMILES string of the molecule is Cc1cc2cccc3ccc4c(c1=CCC4)c32. The van der Waals surface area contributed by atoms with E-state index in [0.717, 1.165) is 0 Å². The minimum Gasteiger partial charge on any atom is -0.0760 e. The summed E-state index contributed by atoms with van der Waals surface area (Å²) in [7, 11) is 0. The van der Waals surface area contributed by atoms with Crippen molar-refractivity contribution in [3.8, 4) is 0 Å². The zero-order valence-electron chi connectivity index (χ0n) is 9.96. The van der Waals surface area contributed by atoms with Crippen molar-refractivity contribution < 1.29 is 0 Å². The van der Waals surface area contributed by atoms with Gasteiger partial charge in [-0.2, -0.15) is 0 Å². The Hall–Kier alpha value is -1.82. The number of aryl methyl sites for hydroxylation is 2. The molecular weight excluding hydrogens is 204 g/mol. The van der Waals surface area contributed by atoms with E-state index in [0.29, 0.717) is 0 Å². The van der Waals surface area contributed by atoms with Crippen molar-refractivity contribution >= 4 is 27.6 Å². The van der Waals surface area contributed by atoms with Gasteiger partial charge in [0.2, 0.25) is 0 Å². The standard InChI is InChI=1S/C17H14/c1-11-10-14-6-2-4-12-8-9-13-5-3-7-15(11)17(13)16(12)14/h2,4,6-10H,3,5H2,1H3. The quantitative estimate of drug-likeness (QED) is 0.539. The Kier molecular flexibility index (Phi) is 1.69. The molecule has 17 heavy (non-hydrogen) atoms. The van der Waals surface area contributed by atoms with Crippen LogP contribution in [0.25, 0.3) is 27.6 Å². The molecule has 0 atom stereocenters. The molecule has 0 N–H and O–H groups in total. The van der Waals surface area contributed by atoms with E-state index in [1.165, 1.54) is 50.7 Å². The molecule has 0 fully saturated rings. The Morgan fingerprint density at radius 3 is 2.76 bits per heavy atom. The van der Waals surface area contributed by atoms with E-state index in [1.54, 1.807) is 0 Å². The van der Waals surface area contributed by atoms with Gasteiger partial charge in [0, 0.05) is 0 Å². The van der Waals surface area contributed by atoms with E-state index in [1.807, 2.05) is 0 Å². The monoisotopic (exact) mass is 218 g/mol. The number of rotatable bonds is 0. The van der Waals surface area contributed by atoms with Crippen LogP contribution in [0.15, 0.2) is 36.4 Å². The van der Waals surface area contributed by atoms with Crippen molar-refractivity contribution in [2.45, 2.75) is 19.8 Å². The maximum atomic E-state index is 2.41. The van der Waals surface area contributed by atoms with E-state index in [2.05, 4.69) is 49.4 Å². The van der Waals surface area contributed by atoms with Crippen molar-refractivity contribution in [1.82, 2.24) is 0 Å². The fourth-order valence-corrected chi connectivity index (χ4v) is 3.23. The van der Waals surface area contributed by atoms with E-state index in [-0.39, 0.29) is 0 Å². The van der Waals surface area contributed by atoms with Gasteiger partial charge in [0.1, 0.15) is 0 Å². The largest absolute Gasteiger partial charge is 0.0760 e. The van der Waals surface area contributed by atoms with Crippen LogP contribution < -0.4 is 5.22 Å². The lowest BCUT2D eigenvalue weighted by molar-refractivity contribution is 1.03. The van der Waals surface area contributed by atoms with Gasteiger partial charge < -0.3 is 0 Å². The molecule has 0 spiro atoms. The average Bonchev–Trinajstić information content (AvgIpc) is 2.37. The summed E-state index contributed by atoms with van der Waals surface area (Å²) in [6, 6.07) is 13.5. The third kappa shape index (κ3) is 1.13. The fourth-order valence-electron chi connectivity index (χ4n) is 3.23. The van der Waals surface area contributed by atoms with Gasteiger partial charge >= 0.3 is 0 Å². The van der Waals surface area contributed by atoms with Crippen LogP contribution in [0.3, 0.4) is 0 Å². The second-order valence-electron chi connectivity index (χ2n) is 5.03. The number of hydrogen-bond acceptors (Lipinski definition) is 0. The second-order valence-corrected chi connectivity index (χ2v) is 5.03. The third-order valence-electron chi connectivity index (χ3n) is 3.99. The Morgan fingerprint density at radius 1 is 0.941 bits per heavy atom. The minimum absolute atomic E-state index is 1.18. The van der Waals surface area contributed by atoms with Crippen molar-refractivity contribution in [2.75, 3.05) is 0 Å². The summed E-state index contributed by atoms with van der Waals surface area (Å²) < 4.78 is 0. The number of hydrogen-bond donors (Lipinski definition) is 0. The fraction of sp³-hybridized carbons (Fsp3) is 0.176. The first-order valence-electron chi connectivity index (χ1n) is 6.28. The maximum Gasteiger partial charge on any atom is -0.00300 e. The van der Waals surface area contributed by atoms with Crippen molar-refractivity contribution in [3.63, 3.8) is 0 Å². The molecule has 1 aliphatic carbocycles. The van der Waals surface area contributed by atoms with E-state index in [4.69, 9.17) is 0 Å². The highest BCUT2D eigenvalue weighted by Gasteiger charge is 2.12. The van der Waals surface area contributed by atoms with Gasteiger partial charge in [-0.3, -0.25) is 0 Å². The molecule has 3 aromatic carbocycles. The molecule has 3 aromatic rings. The van der Waals surface area contributed by atoms with Crippen molar-refractivity contribution in [2.24, 2.45) is 0 Å². The van der Waals surface area contributed by atoms with Gasteiger partial charge in [0.15, 0.2) is 0 Å². The highest BCUT2D eigenvalue weighted by molar-refractivity contribution is 6.12. The predicted molar refractivity (Wildman–Crippen MR) is 74.2 cm³/mol. The van der Waals surface area contributed by atoms with Gasteiger partial charge in [0.05, 0.1) is 0 Å².